The Balaban J connectivity index is 2.04. The minimum atomic E-state index is -4.95. The molecule has 0 spiro atoms. The van der Waals surface area contributed by atoms with Crippen molar-refractivity contribution in [3.63, 3.8) is 0 Å². The molecule has 0 saturated heterocycles. The van der Waals surface area contributed by atoms with Crippen LogP contribution in [0.3, 0.4) is 0 Å². The number of aromatic nitrogens is 1. The summed E-state index contributed by atoms with van der Waals surface area (Å²) in [5.41, 5.74) is 3.29. The lowest BCUT2D eigenvalue weighted by atomic mass is 9.95. The van der Waals surface area contributed by atoms with Crippen molar-refractivity contribution in [1.29, 1.82) is 5.26 Å². The summed E-state index contributed by atoms with van der Waals surface area (Å²) in [7, 11) is -3.55. The van der Waals surface area contributed by atoms with Crippen LogP contribution in [0.2, 0.25) is 0 Å². The number of hydrogen-bond donors (Lipinski definition) is 1. The maximum atomic E-state index is 14.5. The molecule has 200 valence electrons. The molecule has 0 aliphatic heterocycles. The van der Waals surface area contributed by atoms with Crippen LogP contribution in [0.4, 0.5) is 17.6 Å². The monoisotopic (exact) mass is 540 g/mol. The summed E-state index contributed by atoms with van der Waals surface area (Å²) in [5.74, 6) is -1.15. The first-order chi connectivity index (χ1) is 16.9. The highest BCUT2D eigenvalue weighted by Crippen LogP contribution is 2.50. The molecular weight excluding hydrogens is 512 g/mol. The van der Waals surface area contributed by atoms with Gasteiger partial charge in [0.1, 0.15) is 11.2 Å². The van der Waals surface area contributed by atoms with Gasteiger partial charge >= 0.3 is 6.18 Å². The average Bonchev–Trinajstić information content (AvgIpc) is 3.55. The summed E-state index contributed by atoms with van der Waals surface area (Å²) in [6.45, 7) is 3.89. The minimum Gasteiger partial charge on any atom is -0.320 e. The Morgan fingerprint density at radius 2 is 1.76 bits per heavy atom. The molecule has 1 saturated carbocycles. The lowest BCUT2D eigenvalue weighted by Gasteiger charge is -2.38. The number of nitrogens with zero attached hydrogens (tertiary/aromatic N) is 3. The number of alkyl halides is 4. The summed E-state index contributed by atoms with van der Waals surface area (Å²) < 4.78 is 81.2. The van der Waals surface area contributed by atoms with Gasteiger partial charge in [-0.15, -0.1) is 0 Å². The highest BCUT2D eigenvalue weighted by atomic mass is 32.2. The Hall–Kier alpha value is -3.04. The van der Waals surface area contributed by atoms with Gasteiger partial charge in [-0.05, 0) is 56.4 Å². The molecule has 37 heavy (non-hydrogen) atoms. The lowest BCUT2D eigenvalue weighted by molar-refractivity contribution is -0.198. The van der Waals surface area contributed by atoms with Crippen molar-refractivity contribution in [3.05, 3.63) is 47.7 Å². The smallest absolute Gasteiger partial charge is 0.320 e. The van der Waals surface area contributed by atoms with Crippen molar-refractivity contribution in [3.8, 4) is 17.2 Å². The molecular formula is C25H28F4N4O3S. The van der Waals surface area contributed by atoms with Gasteiger partial charge in [0, 0.05) is 24.4 Å². The van der Waals surface area contributed by atoms with Crippen LogP contribution in [-0.2, 0) is 14.6 Å². The Morgan fingerprint density at radius 3 is 2.16 bits per heavy atom. The number of pyridine rings is 1. The van der Waals surface area contributed by atoms with E-state index in [9.17, 15) is 36.0 Å². The predicted molar refractivity (Wildman–Crippen MR) is 129 cm³/mol. The van der Waals surface area contributed by atoms with Gasteiger partial charge in [-0.3, -0.25) is 4.79 Å². The Bertz CT molecular complexity index is 1330. The van der Waals surface area contributed by atoms with E-state index in [0.29, 0.717) is 21.6 Å². The third-order valence-electron chi connectivity index (χ3n) is 6.16. The van der Waals surface area contributed by atoms with Gasteiger partial charge in [-0.25, -0.2) is 17.8 Å². The summed E-state index contributed by atoms with van der Waals surface area (Å²) in [5, 5.41) is 9.58. The van der Waals surface area contributed by atoms with Gasteiger partial charge < -0.3 is 10.6 Å². The molecule has 1 aromatic heterocycles. The van der Waals surface area contributed by atoms with E-state index < -0.39 is 51.6 Å². The molecule has 2 atom stereocenters. The number of benzene rings is 1. The fourth-order valence-corrected chi connectivity index (χ4v) is 5.24. The lowest BCUT2D eigenvalue weighted by Crippen LogP contribution is -2.55. The van der Waals surface area contributed by atoms with Crippen LogP contribution in [0.25, 0.3) is 11.1 Å². The van der Waals surface area contributed by atoms with Crippen molar-refractivity contribution in [2.45, 2.75) is 74.5 Å². The van der Waals surface area contributed by atoms with Gasteiger partial charge in [0.25, 0.3) is 0 Å². The van der Waals surface area contributed by atoms with E-state index in [1.807, 2.05) is 6.07 Å². The molecule has 12 heteroatoms. The van der Waals surface area contributed by atoms with Crippen molar-refractivity contribution < 1.29 is 30.8 Å². The molecule has 1 aromatic carbocycles. The van der Waals surface area contributed by atoms with E-state index in [1.165, 1.54) is 44.3 Å². The van der Waals surface area contributed by atoms with Crippen LogP contribution in [-0.4, -0.2) is 53.9 Å². The van der Waals surface area contributed by atoms with Crippen LogP contribution in [0, 0.1) is 18.3 Å². The zero-order valence-corrected chi connectivity index (χ0v) is 21.6. The first kappa shape index (κ1) is 28.5. The normalized spacial score (nSPS) is 17.0. The van der Waals surface area contributed by atoms with Gasteiger partial charge in [0.05, 0.1) is 12.1 Å². The standard InChI is InChI=1S/C25H28F4N4O3S/c1-15-11-18(13-32-21(15)37(4,35)36)16-5-7-17(8-6-16)20(25(27,28)29)33(24(14-30)9-10-24)22(34)19(31)12-23(2,3)26/h5-8,11,13,19-20H,9-10,12,31H2,1-4H3/t19-,20-/m0/s1. The quantitative estimate of drug-likeness (QED) is 0.496. The van der Waals surface area contributed by atoms with E-state index >= 15 is 0 Å². The number of halogens is 4. The molecule has 1 aliphatic rings. The van der Waals surface area contributed by atoms with Crippen LogP contribution in [0.15, 0.2) is 41.6 Å². The molecule has 1 amide bonds. The van der Waals surface area contributed by atoms with Crippen LogP contribution in [0.5, 0.6) is 0 Å². The van der Waals surface area contributed by atoms with Crippen LogP contribution >= 0.6 is 0 Å². The molecule has 0 unspecified atom stereocenters. The van der Waals surface area contributed by atoms with E-state index in [2.05, 4.69) is 4.98 Å². The largest absolute Gasteiger partial charge is 0.413 e. The maximum Gasteiger partial charge on any atom is 0.413 e. The maximum absolute atomic E-state index is 14.5. The number of nitriles is 1. The van der Waals surface area contributed by atoms with Crippen LogP contribution in [0.1, 0.15) is 50.3 Å². The second kappa shape index (κ2) is 9.68. The molecule has 1 heterocycles. The molecule has 1 aliphatic carbocycles. The summed E-state index contributed by atoms with van der Waals surface area (Å²) in [6, 6.07) is 4.50. The van der Waals surface area contributed by atoms with Crippen molar-refractivity contribution in [1.82, 2.24) is 9.88 Å². The van der Waals surface area contributed by atoms with E-state index in [1.54, 1.807) is 13.0 Å². The number of hydrogen-bond acceptors (Lipinski definition) is 6. The van der Waals surface area contributed by atoms with Crippen molar-refractivity contribution >= 4 is 15.7 Å². The van der Waals surface area contributed by atoms with E-state index in [0.717, 1.165) is 6.26 Å². The topological polar surface area (TPSA) is 117 Å². The third kappa shape index (κ3) is 6.27. The number of amides is 1. The van der Waals surface area contributed by atoms with Crippen LogP contribution < -0.4 is 5.73 Å². The fraction of sp³-hybridized carbons (Fsp3) is 0.480. The second-order valence-corrected chi connectivity index (χ2v) is 12.0. The van der Waals surface area contributed by atoms with E-state index in [-0.39, 0.29) is 23.4 Å². The Kier molecular flexibility index (Phi) is 7.47. The number of nitrogens with two attached hydrogens (primary N) is 1. The zero-order valence-electron chi connectivity index (χ0n) is 20.8. The van der Waals surface area contributed by atoms with Gasteiger partial charge in [-0.2, -0.15) is 18.4 Å². The van der Waals surface area contributed by atoms with Gasteiger partial charge in [-0.1, -0.05) is 24.3 Å². The fourth-order valence-electron chi connectivity index (χ4n) is 4.35. The van der Waals surface area contributed by atoms with E-state index in [4.69, 9.17) is 5.73 Å². The molecule has 3 rings (SSSR count). The van der Waals surface area contributed by atoms with Gasteiger partial charge in [0.15, 0.2) is 20.9 Å². The highest BCUT2D eigenvalue weighted by molar-refractivity contribution is 7.90. The minimum absolute atomic E-state index is 0.0449. The molecule has 2 aromatic rings. The Morgan fingerprint density at radius 1 is 1.19 bits per heavy atom. The number of aryl methyl sites for hydroxylation is 1. The number of sulfone groups is 1. The summed E-state index contributed by atoms with van der Waals surface area (Å²) >= 11 is 0. The number of carbonyl (C=O) groups excluding carboxylic acids is 1. The summed E-state index contributed by atoms with van der Waals surface area (Å²) in [6.07, 6.45) is -3.04. The molecule has 7 nitrogen and oxygen atoms in total. The number of carbonyl (C=O) groups is 1. The van der Waals surface area contributed by atoms with Crippen molar-refractivity contribution in [2.75, 3.05) is 6.26 Å². The van der Waals surface area contributed by atoms with Crippen molar-refractivity contribution in [2.24, 2.45) is 5.73 Å². The highest BCUT2D eigenvalue weighted by Gasteiger charge is 2.60. The predicted octanol–water partition coefficient (Wildman–Crippen LogP) is 4.41. The third-order valence-corrected chi connectivity index (χ3v) is 7.29. The molecule has 1 fully saturated rings. The first-order valence-corrected chi connectivity index (χ1v) is 13.3. The number of rotatable bonds is 8. The molecule has 0 bridgehead atoms. The average molecular weight is 541 g/mol. The molecule has 2 N–H and O–H groups in total. The molecule has 0 radical (unpaired) electrons. The second-order valence-electron chi connectivity index (χ2n) is 10.1. The SMILES string of the molecule is Cc1cc(-c2ccc([C@H](N(C(=O)[C@@H](N)CC(C)(C)F)C3(C#N)CC3)C(F)(F)F)cc2)cnc1S(C)(=O)=O. The first-order valence-electron chi connectivity index (χ1n) is 11.4. The zero-order chi connectivity index (χ0) is 28.0. The van der Waals surface area contributed by atoms with Gasteiger partial charge in [0.2, 0.25) is 5.91 Å². The Labute approximate surface area is 213 Å². The summed E-state index contributed by atoms with van der Waals surface area (Å²) in [4.78, 5) is 17.6.